The maximum Gasteiger partial charge on any atom is 0.253 e. The molecule has 0 spiro atoms. The summed E-state index contributed by atoms with van der Waals surface area (Å²) in [5, 5.41) is 2.88. The third-order valence-electron chi connectivity index (χ3n) is 3.92. The molecule has 0 heterocycles. The normalized spacial score (nSPS) is 12.5. The zero-order chi connectivity index (χ0) is 17.7. The molecule has 0 aromatic heterocycles. The monoisotopic (exact) mass is 346 g/mol. The molecule has 1 amide bonds. The molecule has 0 fully saturated rings. The number of carbonyl (C=O) groups is 1. The summed E-state index contributed by atoms with van der Waals surface area (Å²) in [4.78, 5) is 12.5. The first-order chi connectivity index (χ1) is 11.3. The van der Waals surface area contributed by atoms with Gasteiger partial charge in [0.25, 0.3) is 5.91 Å². The summed E-state index contributed by atoms with van der Waals surface area (Å²) in [6.07, 6.45) is 1.11. The summed E-state index contributed by atoms with van der Waals surface area (Å²) >= 11 is 0. The van der Waals surface area contributed by atoms with Crippen molar-refractivity contribution in [3.8, 4) is 0 Å². The van der Waals surface area contributed by atoms with E-state index < -0.39 is 10.0 Å². The predicted octanol–water partition coefficient (Wildman–Crippen LogP) is 2.62. The average Bonchev–Trinajstić information content (AvgIpc) is 2.58. The van der Waals surface area contributed by atoms with Crippen LogP contribution < -0.4 is 9.62 Å². The van der Waals surface area contributed by atoms with Crippen molar-refractivity contribution in [1.29, 1.82) is 0 Å². The molecule has 1 N–H and O–H groups in total. The van der Waals surface area contributed by atoms with E-state index in [1.807, 2.05) is 37.3 Å². The zero-order valence-electron chi connectivity index (χ0n) is 14.1. The number of rotatable bonds is 6. The number of benzene rings is 2. The van der Waals surface area contributed by atoms with Crippen LogP contribution in [0, 0.1) is 0 Å². The van der Waals surface area contributed by atoms with Gasteiger partial charge in [0.2, 0.25) is 10.0 Å². The highest BCUT2D eigenvalue weighted by Gasteiger charge is 2.19. The Morgan fingerprint density at radius 1 is 1.08 bits per heavy atom. The minimum absolute atomic E-state index is 0.162. The zero-order valence-corrected chi connectivity index (χ0v) is 14.9. The summed E-state index contributed by atoms with van der Waals surface area (Å²) in [5.41, 5.74) is 1.84. The van der Waals surface area contributed by atoms with Crippen molar-refractivity contribution >= 4 is 21.6 Å². The highest BCUT2D eigenvalue weighted by atomic mass is 32.2. The Bertz CT molecular complexity index is 804. The van der Waals surface area contributed by atoms with Crippen molar-refractivity contribution < 1.29 is 13.2 Å². The van der Waals surface area contributed by atoms with Gasteiger partial charge in [0.1, 0.15) is 0 Å². The third-order valence-corrected chi connectivity index (χ3v) is 5.11. The van der Waals surface area contributed by atoms with Gasteiger partial charge in [-0.1, -0.05) is 49.4 Å². The molecule has 0 bridgehead atoms. The number of carbonyl (C=O) groups excluding carboxylic acids is 1. The number of para-hydroxylation sites is 1. The lowest BCUT2D eigenvalue weighted by Gasteiger charge is -2.20. The average molecular weight is 346 g/mol. The van der Waals surface area contributed by atoms with Crippen LogP contribution in [0.2, 0.25) is 0 Å². The summed E-state index contributed by atoms with van der Waals surface area (Å²) in [6.45, 7) is 2.50. The van der Waals surface area contributed by atoms with Gasteiger partial charge in [0.05, 0.1) is 17.5 Å². The van der Waals surface area contributed by atoms with Crippen molar-refractivity contribution in [2.45, 2.75) is 12.8 Å². The van der Waals surface area contributed by atoms with Gasteiger partial charge in [-0.15, -0.1) is 0 Å². The number of nitrogens with zero attached hydrogens (tertiary/aromatic N) is 1. The first kappa shape index (κ1) is 18.0. The summed E-state index contributed by atoms with van der Waals surface area (Å²) in [5.74, 6) is -0.126. The molecule has 1 atom stereocenters. The van der Waals surface area contributed by atoms with Crippen LogP contribution in [0.1, 0.15) is 28.8 Å². The number of hydrogen-bond acceptors (Lipinski definition) is 3. The Balaban J connectivity index is 2.13. The fourth-order valence-electron chi connectivity index (χ4n) is 2.36. The second-order valence-electron chi connectivity index (χ2n) is 5.77. The lowest BCUT2D eigenvalue weighted by atomic mass is 10.0. The van der Waals surface area contributed by atoms with E-state index in [1.54, 1.807) is 24.3 Å². The molecule has 0 saturated heterocycles. The fourth-order valence-corrected chi connectivity index (χ4v) is 2.88. The molecule has 0 aliphatic carbocycles. The molecule has 0 saturated carbocycles. The van der Waals surface area contributed by atoms with E-state index in [4.69, 9.17) is 0 Å². The molecule has 0 unspecified atom stereocenters. The second-order valence-corrected chi connectivity index (χ2v) is 7.78. The molecule has 0 radical (unpaired) electrons. The maximum absolute atomic E-state index is 12.5. The molecule has 128 valence electrons. The number of nitrogens with one attached hydrogen (secondary N) is 1. The molecule has 2 rings (SSSR count). The van der Waals surface area contributed by atoms with Crippen LogP contribution >= 0.6 is 0 Å². The molecular weight excluding hydrogens is 324 g/mol. The van der Waals surface area contributed by atoms with Crippen LogP contribution in [0.15, 0.2) is 54.6 Å². The minimum atomic E-state index is -3.43. The number of amides is 1. The van der Waals surface area contributed by atoms with E-state index in [-0.39, 0.29) is 11.8 Å². The highest BCUT2D eigenvalue weighted by Crippen LogP contribution is 2.21. The van der Waals surface area contributed by atoms with Gasteiger partial charge in [-0.2, -0.15) is 0 Å². The van der Waals surface area contributed by atoms with Crippen LogP contribution in [0.3, 0.4) is 0 Å². The molecule has 2 aromatic carbocycles. The van der Waals surface area contributed by atoms with Gasteiger partial charge in [0.15, 0.2) is 0 Å². The Labute approximate surface area is 143 Å². The fraction of sp³-hybridized carbons (Fsp3) is 0.278. The highest BCUT2D eigenvalue weighted by molar-refractivity contribution is 7.92. The van der Waals surface area contributed by atoms with E-state index in [0.29, 0.717) is 17.8 Å². The van der Waals surface area contributed by atoms with Gasteiger partial charge in [-0.25, -0.2) is 8.42 Å². The number of sulfonamides is 1. The van der Waals surface area contributed by atoms with Gasteiger partial charge >= 0.3 is 0 Å². The van der Waals surface area contributed by atoms with Crippen molar-refractivity contribution in [1.82, 2.24) is 5.32 Å². The molecule has 5 nitrogen and oxygen atoms in total. The maximum atomic E-state index is 12.5. The summed E-state index contributed by atoms with van der Waals surface area (Å²) < 4.78 is 24.6. The SMILES string of the molecule is C[C@@H](CNC(=O)c1ccccc1N(C)S(C)(=O)=O)c1ccccc1. The Kier molecular flexibility index (Phi) is 5.62. The molecular formula is C18H22N2O3S. The molecule has 0 aliphatic rings. The smallest absolute Gasteiger partial charge is 0.253 e. The van der Waals surface area contributed by atoms with Crippen molar-refractivity contribution in [3.63, 3.8) is 0 Å². The summed E-state index contributed by atoms with van der Waals surface area (Å²) in [7, 11) is -1.99. The van der Waals surface area contributed by atoms with E-state index in [2.05, 4.69) is 5.32 Å². The third kappa shape index (κ3) is 4.35. The lowest BCUT2D eigenvalue weighted by Crippen LogP contribution is -2.31. The molecule has 24 heavy (non-hydrogen) atoms. The first-order valence-corrected chi connectivity index (χ1v) is 9.51. The molecule has 2 aromatic rings. The van der Waals surface area contributed by atoms with Crippen LogP contribution in [0.5, 0.6) is 0 Å². The molecule has 6 heteroatoms. The second kappa shape index (κ2) is 7.49. The van der Waals surface area contributed by atoms with E-state index in [1.165, 1.54) is 7.05 Å². The van der Waals surface area contributed by atoms with Crippen LogP contribution in [-0.2, 0) is 10.0 Å². The lowest BCUT2D eigenvalue weighted by molar-refractivity contribution is 0.0952. The Morgan fingerprint density at radius 3 is 2.29 bits per heavy atom. The molecule has 0 aliphatic heterocycles. The van der Waals surface area contributed by atoms with Crippen LogP contribution in [0.25, 0.3) is 0 Å². The van der Waals surface area contributed by atoms with Crippen molar-refractivity contribution in [2.75, 3.05) is 24.2 Å². The van der Waals surface area contributed by atoms with E-state index in [0.717, 1.165) is 16.1 Å². The van der Waals surface area contributed by atoms with Crippen molar-refractivity contribution in [3.05, 3.63) is 65.7 Å². The van der Waals surface area contributed by atoms with E-state index in [9.17, 15) is 13.2 Å². The number of hydrogen-bond donors (Lipinski definition) is 1. The first-order valence-electron chi connectivity index (χ1n) is 7.66. The van der Waals surface area contributed by atoms with Gasteiger partial charge in [0, 0.05) is 13.6 Å². The van der Waals surface area contributed by atoms with Crippen molar-refractivity contribution in [2.24, 2.45) is 0 Å². The standard InChI is InChI=1S/C18H22N2O3S/c1-14(15-9-5-4-6-10-15)13-19-18(21)16-11-7-8-12-17(16)20(2)24(3,22)23/h4-12,14H,13H2,1-3H3,(H,19,21)/t14-/m0/s1. The quantitative estimate of drug-likeness (QED) is 0.874. The Morgan fingerprint density at radius 2 is 1.67 bits per heavy atom. The predicted molar refractivity (Wildman–Crippen MR) is 96.9 cm³/mol. The van der Waals surface area contributed by atoms with Crippen LogP contribution in [-0.4, -0.2) is 34.2 Å². The minimum Gasteiger partial charge on any atom is -0.351 e. The van der Waals surface area contributed by atoms with E-state index >= 15 is 0 Å². The van der Waals surface area contributed by atoms with Crippen LogP contribution in [0.4, 0.5) is 5.69 Å². The van der Waals surface area contributed by atoms with Gasteiger partial charge in [-0.05, 0) is 23.6 Å². The van der Waals surface area contributed by atoms with Gasteiger partial charge in [-0.3, -0.25) is 9.10 Å². The number of anilines is 1. The van der Waals surface area contributed by atoms with Gasteiger partial charge < -0.3 is 5.32 Å². The Hall–Kier alpha value is -2.34. The topological polar surface area (TPSA) is 66.5 Å². The largest absolute Gasteiger partial charge is 0.351 e. The summed E-state index contributed by atoms with van der Waals surface area (Å²) in [6, 6.07) is 16.6.